The molecule has 0 spiro atoms. The van der Waals surface area contributed by atoms with Gasteiger partial charge in [-0.3, -0.25) is 0 Å². The lowest BCUT2D eigenvalue weighted by Gasteiger charge is -2.42. The van der Waals surface area contributed by atoms with Crippen LogP contribution in [0.3, 0.4) is 0 Å². The van der Waals surface area contributed by atoms with Crippen molar-refractivity contribution in [3.8, 4) is 0 Å². The molecule has 0 saturated carbocycles. The Bertz CT molecular complexity index is 496. The topological polar surface area (TPSA) is 47.6 Å². The number of carbonyl (C=O) groups is 1. The lowest BCUT2D eigenvalue weighted by Crippen LogP contribution is -2.55. The molecule has 116 valence electrons. The third-order valence-electron chi connectivity index (χ3n) is 3.65. The Morgan fingerprint density at radius 1 is 1.38 bits per heavy atom. The lowest BCUT2D eigenvalue weighted by atomic mass is 9.83. The van der Waals surface area contributed by atoms with Gasteiger partial charge in [-0.05, 0) is 48.8 Å². The van der Waals surface area contributed by atoms with Crippen molar-refractivity contribution in [2.45, 2.75) is 51.4 Å². The van der Waals surface area contributed by atoms with Crippen molar-refractivity contribution in [1.29, 1.82) is 0 Å². The molecule has 1 aromatic rings. The predicted octanol–water partition coefficient (Wildman–Crippen LogP) is 3.75. The third-order valence-corrected chi connectivity index (χ3v) is 4.34. The minimum absolute atomic E-state index is 0.00754. The molecule has 1 aromatic carbocycles. The van der Waals surface area contributed by atoms with Crippen molar-refractivity contribution in [2.24, 2.45) is 0 Å². The predicted molar refractivity (Wildman–Crippen MR) is 86.4 cm³/mol. The van der Waals surface area contributed by atoms with E-state index in [-0.39, 0.29) is 18.2 Å². The van der Waals surface area contributed by atoms with Gasteiger partial charge in [-0.2, -0.15) is 0 Å². The first-order valence-corrected chi connectivity index (χ1v) is 8.11. The highest BCUT2D eigenvalue weighted by Gasteiger charge is 2.46. The second-order valence-electron chi connectivity index (χ2n) is 5.57. The zero-order valence-electron chi connectivity index (χ0n) is 12.7. The van der Waals surface area contributed by atoms with Crippen molar-refractivity contribution in [2.75, 3.05) is 11.9 Å². The zero-order valence-corrected chi connectivity index (χ0v) is 14.3. The van der Waals surface area contributed by atoms with Crippen LogP contribution in [0.1, 0.15) is 33.6 Å². The van der Waals surface area contributed by atoms with E-state index in [0.29, 0.717) is 19.4 Å². The van der Waals surface area contributed by atoms with E-state index < -0.39 is 5.54 Å². The average molecular weight is 356 g/mol. The molecule has 1 heterocycles. The summed E-state index contributed by atoms with van der Waals surface area (Å²) in [5, 5.41) is 3.41. The average Bonchev–Trinajstić information content (AvgIpc) is 2.40. The molecule has 0 aliphatic carbocycles. The number of esters is 1. The number of halogens is 1. The van der Waals surface area contributed by atoms with Crippen LogP contribution in [0, 0.1) is 0 Å². The van der Waals surface area contributed by atoms with Crippen LogP contribution in [-0.4, -0.2) is 30.3 Å². The first-order chi connectivity index (χ1) is 9.97. The maximum absolute atomic E-state index is 12.6. The quantitative estimate of drug-likeness (QED) is 0.835. The number of rotatable bonds is 4. The molecule has 1 saturated heterocycles. The molecule has 2 rings (SSSR count). The van der Waals surface area contributed by atoms with Crippen LogP contribution in [0.2, 0.25) is 0 Å². The standard InChI is InChI=1S/C16H22BrNO3/c1-4-20-15(19)16(9-11(2)21-12(3)10-16)18-14-8-6-5-7-13(14)17/h5-8,11-12,18H,4,9-10H2,1-3H3. The Kier molecular flexibility index (Phi) is 5.27. The van der Waals surface area contributed by atoms with Crippen LogP contribution in [0.25, 0.3) is 0 Å². The van der Waals surface area contributed by atoms with Crippen molar-refractivity contribution >= 4 is 27.6 Å². The van der Waals surface area contributed by atoms with Gasteiger partial charge in [0.15, 0.2) is 0 Å². The summed E-state index contributed by atoms with van der Waals surface area (Å²) in [6, 6.07) is 7.79. The van der Waals surface area contributed by atoms with Gasteiger partial charge in [-0.1, -0.05) is 12.1 Å². The number of nitrogens with one attached hydrogen (secondary N) is 1. The fraction of sp³-hybridized carbons (Fsp3) is 0.562. The molecule has 1 fully saturated rings. The minimum Gasteiger partial charge on any atom is -0.464 e. The largest absolute Gasteiger partial charge is 0.464 e. The van der Waals surface area contributed by atoms with Gasteiger partial charge in [-0.25, -0.2) is 4.79 Å². The molecule has 0 radical (unpaired) electrons. The zero-order chi connectivity index (χ0) is 15.5. The van der Waals surface area contributed by atoms with Crippen molar-refractivity contribution in [1.82, 2.24) is 0 Å². The number of anilines is 1. The molecule has 1 aliphatic heterocycles. The number of para-hydroxylation sites is 1. The van der Waals surface area contributed by atoms with Crippen molar-refractivity contribution in [3.05, 3.63) is 28.7 Å². The number of hydrogen-bond acceptors (Lipinski definition) is 4. The molecule has 2 atom stereocenters. The van der Waals surface area contributed by atoms with Gasteiger partial charge in [0.05, 0.1) is 18.8 Å². The molecule has 1 N–H and O–H groups in total. The lowest BCUT2D eigenvalue weighted by molar-refractivity contribution is -0.157. The van der Waals surface area contributed by atoms with Crippen LogP contribution in [-0.2, 0) is 14.3 Å². The maximum Gasteiger partial charge on any atom is 0.331 e. The van der Waals surface area contributed by atoms with E-state index in [2.05, 4.69) is 21.2 Å². The Labute approximate surface area is 134 Å². The summed E-state index contributed by atoms with van der Waals surface area (Å²) in [5.74, 6) is -0.206. The van der Waals surface area contributed by atoms with Crippen molar-refractivity contribution in [3.63, 3.8) is 0 Å². The van der Waals surface area contributed by atoms with Gasteiger partial charge in [0.1, 0.15) is 5.54 Å². The summed E-state index contributed by atoms with van der Waals surface area (Å²) in [4.78, 5) is 12.6. The van der Waals surface area contributed by atoms with Crippen LogP contribution in [0.15, 0.2) is 28.7 Å². The van der Waals surface area contributed by atoms with Crippen molar-refractivity contribution < 1.29 is 14.3 Å². The van der Waals surface area contributed by atoms with E-state index in [9.17, 15) is 4.79 Å². The second kappa shape index (κ2) is 6.79. The molecule has 0 bridgehead atoms. The summed E-state index contributed by atoms with van der Waals surface area (Å²) >= 11 is 3.52. The van der Waals surface area contributed by atoms with E-state index in [4.69, 9.17) is 9.47 Å². The highest BCUT2D eigenvalue weighted by molar-refractivity contribution is 9.10. The number of hydrogen-bond donors (Lipinski definition) is 1. The van der Waals surface area contributed by atoms with Gasteiger partial charge < -0.3 is 14.8 Å². The Hall–Kier alpha value is -1.07. The molecular formula is C16H22BrNO3. The summed E-state index contributed by atoms with van der Waals surface area (Å²) in [5.41, 5.74) is 0.156. The number of carbonyl (C=O) groups excluding carboxylic acids is 1. The molecule has 4 nitrogen and oxygen atoms in total. The summed E-state index contributed by atoms with van der Waals surface area (Å²) in [6.07, 6.45) is 1.20. The van der Waals surface area contributed by atoms with E-state index in [1.54, 1.807) is 0 Å². The maximum atomic E-state index is 12.6. The van der Waals surface area contributed by atoms with Gasteiger partial charge in [-0.15, -0.1) is 0 Å². The van der Waals surface area contributed by atoms with E-state index in [1.807, 2.05) is 45.0 Å². The smallest absolute Gasteiger partial charge is 0.331 e. The van der Waals surface area contributed by atoms with Crippen LogP contribution in [0.5, 0.6) is 0 Å². The van der Waals surface area contributed by atoms with Gasteiger partial charge in [0.25, 0.3) is 0 Å². The highest BCUT2D eigenvalue weighted by Crippen LogP contribution is 2.35. The van der Waals surface area contributed by atoms with Crippen LogP contribution in [0.4, 0.5) is 5.69 Å². The monoisotopic (exact) mass is 355 g/mol. The normalized spacial score (nSPS) is 29.0. The Morgan fingerprint density at radius 3 is 2.57 bits per heavy atom. The molecule has 1 aliphatic rings. The van der Waals surface area contributed by atoms with E-state index >= 15 is 0 Å². The number of ether oxygens (including phenoxy) is 2. The first kappa shape index (κ1) is 16.3. The number of benzene rings is 1. The fourth-order valence-electron chi connectivity index (χ4n) is 2.97. The first-order valence-electron chi connectivity index (χ1n) is 7.32. The minimum atomic E-state index is -0.739. The third kappa shape index (κ3) is 3.77. The molecule has 0 amide bonds. The Morgan fingerprint density at radius 2 is 2.00 bits per heavy atom. The Balaban J connectivity index is 2.32. The van der Waals surface area contributed by atoms with Crippen LogP contribution >= 0.6 is 15.9 Å². The molecule has 5 heteroatoms. The molecule has 21 heavy (non-hydrogen) atoms. The fourth-order valence-corrected chi connectivity index (χ4v) is 3.35. The highest BCUT2D eigenvalue weighted by atomic mass is 79.9. The van der Waals surface area contributed by atoms with E-state index in [1.165, 1.54) is 0 Å². The van der Waals surface area contributed by atoms with E-state index in [0.717, 1.165) is 10.2 Å². The molecule has 2 unspecified atom stereocenters. The summed E-state index contributed by atoms with van der Waals surface area (Å²) in [6.45, 7) is 6.19. The summed E-state index contributed by atoms with van der Waals surface area (Å²) in [7, 11) is 0. The van der Waals surface area contributed by atoms with Gasteiger partial charge in [0.2, 0.25) is 0 Å². The molecule has 0 aromatic heterocycles. The molecular weight excluding hydrogens is 334 g/mol. The van der Waals surface area contributed by atoms with Gasteiger partial charge >= 0.3 is 5.97 Å². The second-order valence-corrected chi connectivity index (χ2v) is 6.43. The van der Waals surface area contributed by atoms with Gasteiger partial charge in [0, 0.05) is 23.0 Å². The SMILES string of the molecule is CCOC(=O)C1(Nc2ccccc2Br)CC(C)OC(C)C1. The summed E-state index contributed by atoms with van der Waals surface area (Å²) < 4.78 is 12.0. The van der Waals surface area contributed by atoms with Crippen LogP contribution < -0.4 is 5.32 Å².